The summed E-state index contributed by atoms with van der Waals surface area (Å²) in [5.41, 5.74) is 1.28. The number of halogens is 1. The minimum atomic E-state index is 0.601. The van der Waals surface area contributed by atoms with Crippen LogP contribution < -0.4 is 4.90 Å². The maximum atomic E-state index is 5.76. The molecule has 0 bridgehead atoms. The SMILES string of the molecule is Cc1sc2ncnc(N(C)CCCl)c2c1C. The van der Waals surface area contributed by atoms with E-state index in [1.54, 1.807) is 17.7 Å². The van der Waals surface area contributed by atoms with Gasteiger partial charge in [-0.15, -0.1) is 22.9 Å². The summed E-state index contributed by atoms with van der Waals surface area (Å²) in [6.07, 6.45) is 1.62. The van der Waals surface area contributed by atoms with Crippen molar-refractivity contribution in [2.45, 2.75) is 13.8 Å². The number of nitrogens with zero attached hydrogens (tertiary/aromatic N) is 3. The molecule has 2 rings (SSSR count). The van der Waals surface area contributed by atoms with Gasteiger partial charge < -0.3 is 4.90 Å². The number of alkyl halides is 1. The molecule has 0 saturated heterocycles. The summed E-state index contributed by atoms with van der Waals surface area (Å²) in [7, 11) is 2.01. The second kappa shape index (κ2) is 4.55. The molecule has 0 radical (unpaired) electrons. The topological polar surface area (TPSA) is 29.0 Å². The van der Waals surface area contributed by atoms with Gasteiger partial charge in [-0.1, -0.05) is 0 Å². The smallest absolute Gasteiger partial charge is 0.140 e. The minimum absolute atomic E-state index is 0.601. The van der Waals surface area contributed by atoms with E-state index in [1.807, 2.05) is 7.05 Å². The van der Waals surface area contributed by atoms with Crippen LogP contribution in [0.25, 0.3) is 10.2 Å². The van der Waals surface area contributed by atoms with Crippen molar-refractivity contribution >= 4 is 39.0 Å². The number of aryl methyl sites for hydroxylation is 2. The van der Waals surface area contributed by atoms with Crippen LogP contribution in [0.5, 0.6) is 0 Å². The summed E-state index contributed by atoms with van der Waals surface area (Å²) in [4.78, 5) is 13.1. The minimum Gasteiger partial charge on any atom is -0.358 e. The maximum absolute atomic E-state index is 5.76. The summed E-state index contributed by atoms with van der Waals surface area (Å²) < 4.78 is 0. The quantitative estimate of drug-likeness (QED) is 0.790. The molecule has 0 aromatic carbocycles. The van der Waals surface area contributed by atoms with Gasteiger partial charge in [0, 0.05) is 24.3 Å². The molecule has 0 aliphatic rings. The molecule has 0 saturated carbocycles. The van der Waals surface area contributed by atoms with Crippen molar-refractivity contribution in [3.63, 3.8) is 0 Å². The first-order valence-electron chi connectivity index (χ1n) is 5.13. The Balaban J connectivity index is 2.60. The highest BCUT2D eigenvalue weighted by Gasteiger charge is 2.14. The monoisotopic (exact) mass is 255 g/mol. The van der Waals surface area contributed by atoms with Crippen LogP contribution in [0.1, 0.15) is 10.4 Å². The second-order valence-electron chi connectivity index (χ2n) is 3.77. The molecule has 0 spiro atoms. The van der Waals surface area contributed by atoms with Crippen LogP contribution in [0.15, 0.2) is 6.33 Å². The average Bonchev–Trinajstić information content (AvgIpc) is 2.55. The Morgan fingerprint density at radius 3 is 2.81 bits per heavy atom. The summed E-state index contributed by atoms with van der Waals surface area (Å²) in [6.45, 7) is 5.03. The normalized spacial score (nSPS) is 11.0. The molecule has 5 heteroatoms. The lowest BCUT2D eigenvalue weighted by Gasteiger charge is -2.17. The second-order valence-corrected chi connectivity index (χ2v) is 5.35. The number of anilines is 1. The predicted octanol–water partition coefficient (Wildman–Crippen LogP) is 2.98. The van der Waals surface area contributed by atoms with Crippen molar-refractivity contribution < 1.29 is 0 Å². The van der Waals surface area contributed by atoms with Crippen LogP contribution in [0, 0.1) is 13.8 Å². The highest BCUT2D eigenvalue weighted by molar-refractivity contribution is 7.18. The van der Waals surface area contributed by atoms with Gasteiger partial charge in [0.25, 0.3) is 0 Å². The molecule has 16 heavy (non-hydrogen) atoms. The van der Waals surface area contributed by atoms with Crippen molar-refractivity contribution in [3.05, 3.63) is 16.8 Å². The van der Waals surface area contributed by atoms with Crippen molar-refractivity contribution in [1.82, 2.24) is 9.97 Å². The van der Waals surface area contributed by atoms with Crippen molar-refractivity contribution in [2.75, 3.05) is 24.4 Å². The lowest BCUT2D eigenvalue weighted by atomic mass is 10.2. The van der Waals surface area contributed by atoms with Crippen LogP contribution in [0.4, 0.5) is 5.82 Å². The average molecular weight is 256 g/mol. The molecule has 0 aliphatic carbocycles. The molecule has 0 amide bonds. The van der Waals surface area contributed by atoms with E-state index in [0.717, 1.165) is 22.6 Å². The van der Waals surface area contributed by atoms with Crippen molar-refractivity contribution in [2.24, 2.45) is 0 Å². The molecule has 86 valence electrons. The van der Waals surface area contributed by atoms with E-state index in [4.69, 9.17) is 11.6 Å². The van der Waals surface area contributed by atoms with E-state index in [-0.39, 0.29) is 0 Å². The Morgan fingerprint density at radius 2 is 2.12 bits per heavy atom. The maximum Gasteiger partial charge on any atom is 0.140 e. The van der Waals surface area contributed by atoms with Crippen LogP contribution >= 0.6 is 22.9 Å². The molecule has 0 unspecified atom stereocenters. The number of aromatic nitrogens is 2. The van der Waals surface area contributed by atoms with E-state index in [2.05, 4.69) is 28.7 Å². The van der Waals surface area contributed by atoms with E-state index < -0.39 is 0 Å². The van der Waals surface area contributed by atoms with Gasteiger partial charge in [-0.25, -0.2) is 9.97 Å². The Bertz CT molecular complexity index is 509. The summed E-state index contributed by atoms with van der Waals surface area (Å²) >= 11 is 7.48. The largest absolute Gasteiger partial charge is 0.358 e. The fraction of sp³-hybridized carbons (Fsp3) is 0.455. The Hall–Kier alpha value is -0.870. The van der Waals surface area contributed by atoms with Gasteiger partial charge in [-0.3, -0.25) is 0 Å². The summed E-state index contributed by atoms with van der Waals surface area (Å²) in [5, 5.41) is 1.16. The lowest BCUT2D eigenvalue weighted by molar-refractivity contribution is 0.945. The number of hydrogen-bond acceptors (Lipinski definition) is 4. The van der Waals surface area contributed by atoms with Gasteiger partial charge in [0.2, 0.25) is 0 Å². The van der Waals surface area contributed by atoms with Gasteiger partial charge >= 0.3 is 0 Å². The third-order valence-corrected chi connectivity index (χ3v) is 4.01. The van der Waals surface area contributed by atoms with Gasteiger partial charge in [-0.2, -0.15) is 0 Å². The molecule has 2 aromatic heterocycles. The van der Waals surface area contributed by atoms with Crippen molar-refractivity contribution in [1.29, 1.82) is 0 Å². The first-order valence-corrected chi connectivity index (χ1v) is 6.48. The van der Waals surface area contributed by atoms with Crippen LogP contribution in [0.2, 0.25) is 0 Å². The van der Waals surface area contributed by atoms with Crippen LogP contribution in [-0.2, 0) is 0 Å². The number of hydrogen-bond donors (Lipinski definition) is 0. The zero-order chi connectivity index (χ0) is 11.7. The number of fused-ring (bicyclic) bond motifs is 1. The Kier molecular flexibility index (Phi) is 3.30. The Morgan fingerprint density at radius 1 is 1.38 bits per heavy atom. The van der Waals surface area contributed by atoms with Crippen LogP contribution in [-0.4, -0.2) is 29.4 Å². The zero-order valence-corrected chi connectivity index (χ0v) is 11.2. The standard InChI is InChI=1S/C11H14ClN3S/c1-7-8(2)16-11-9(7)10(13-6-14-11)15(3)5-4-12/h6H,4-5H2,1-3H3. The highest BCUT2D eigenvalue weighted by Crippen LogP contribution is 2.33. The molecule has 0 fully saturated rings. The zero-order valence-electron chi connectivity index (χ0n) is 9.62. The molecule has 2 aromatic rings. The molecule has 3 nitrogen and oxygen atoms in total. The molecular weight excluding hydrogens is 242 g/mol. The number of rotatable bonds is 3. The first-order chi connectivity index (χ1) is 7.65. The third-order valence-electron chi connectivity index (χ3n) is 2.73. The molecule has 0 atom stereocenters. The fourth-order valence-corrected chi connectivity index (χ4v) is 2.93. The van der Waals surface area contributed by atoms with Gasteiger partial charge in [0.05, 0.1) is 5.39 Å². The van der Waals surface area contributed by atoms with Crippen LogP contribution in [0.3, 0.4) is 0 Å². The molecular formula is C11H14ClN3S. The molecule has 2 heterocycles. The van der Waals surface area contributed by atoms with Gasteiger partial charge in [0.15, 0.2) is 0 Å². The van der Waals surface area contributed by atoms with E-state index in [0.29, 0.717) is 5.88 Å². The molecule has 0 N–H and O–H groups in total. The van der Waals surface area contributed by atoms with Gasteiger partial charge in [-0.05, 0) is 19.4 Å². The highest BCUT2D eigenvalue weighted by atomic mass is 35.5. The molecule has 0 aliphatic heterocycles. The Labute approximate surface area is 104 Å². The summed E-state index contributed by atoms with van der Waals surface area (Å²) in [6, 6.07) is 0. The first kappa shape index (κ1) is 11.6. The lowest BCUT2D eigenvalue weighted by Crippen LogP contribution is -2.21. The number of thiophene rings is 1. The van der Waals surface area contributed by atoms with E-state index in [1.165, 1.54) is 10.4 Å². The predicted molar refractivity (Wildman–Crippen MR) is 70.9 cm³/mol. The fourth-order valence-electron chi connectivity index (χ4n) is 1.69. The summed E-state index contributed by atoms with van der Waals surface area (Å²) in [5.74, 6) is 1.58. The third kappa shape index (κ3) is 1.87. The van der Waals surface area contributed by atoms with Crippen molar-refractivity contribution in [3.8, 4) is 0 Å². The van der Waals surface area contributed by atoms with Gasteiger partial charge in [0.1, 0.15) is 17.0 Å². The van der Waals surface area contributed by atoms with E-state index in [9.17, 15) is 0 Å². The van der Waals surface area contributed by atoms with E-state index >= 15 is 0 Å².